The number of benzene rings is 1. The van der Waals surface area contributed by atoms with Gasteiger partial charge in [0.2, 0.25) is 0 Å². The highest BCUT2D eigenvalue weighted by molar-refractivity contribution is 7.99. The topological polar surface area (TPSA) is 53.6 Å². The summed E-state index contributed by atoms with van der Waals surface area (Å²) in [5.74, 6) is 1.39. The van der Waals surface area contributed by atoms with Crippen molar-refractivity contribution >= 4 is 35.0 Å². The van der Waals surface area contributed by atoms with Gasteiger partial charge in [0, 0.05) is 16.2 Å². The molecular formula is C17H17ClN4S. The van der Waals surface area contributed by atoms with Gasteiger partial charge in [0.05, 0.1) is 5.69 Å². The third-order valence-corrected chi connectivity index (χ3v) is 4.23. The first kappa shape index (κ1) is 15.9. The second-order valence-electron chi connectivity index (χ2n) is 5.34. The Labute approximate surface area is 144 Å². The van der Waals surface area contributed by atoms with E-state index in [1.165, 1.54) is 0 Å². The third kappa shape index (κ3) is 4.27. The van der Waals surface area contributed by atoms with Gasteiger partial charge in [-0.1, -0.05) is 55.8 Å². The number of thioether (sulfide) groups is 1. The summed E-state index contributed by atoms with van der Waals surface area (Å²) in [7, 11) is 0. The molecule has 118 valence electrons. The molecule has 0 saturated carbocycles. The van der Waals surface area contributed by atoms with Crippen molar-refractivity contribution < 1.29 is 0 Å². The molecule has 0 spiro atoms. The van der Waals surface area contributed by atoms with Crippen LogP contribution < -0.4 is 5.32 Å². The summed E-state index contributed by atoms with van der Waals surface area (Å²) in [5.41, 5.74) is 2.04. The number of anilines is 2. The lowest BCUT2D eigenvalue weighted by Crippen LogP contribution is -1.95. The number of H-pyrrole nitrogens is 1. The predicted molar refractivity (Wildman–Crippen MR) is 97.5 cm³/mol. The molecule has 0 bridgehead atoms. The molecule has 0 aliphatic rings. The monoisotopic (exact) mass is 344 g/mol. The van der Waals surface area contributed by atoms with E-state index in [4.69, 9.17) is 11.6 Å². The van der Waals surface area contributed by atoms with E-state index in [1.54, 1.807) is 11.8 Å². The highest BCUT2D eigenvalue weighted by Gasteiger charge is 2.07. The van der Waals surface area contributed by atoms with Gasteiger partial charge in [-0.05, 0) is 17.7 Å². The molecule has 0 radical (unpaired) electrons. The summed E-state index contributed by atoms with van der Waals surface area (Å²) < 4.78 is 0. The van der Waals surface area contributed by atoms with Gasteiger partial charge in [0.15, 0.2) is 5.82 Å². The second kappa shape index (κ2) is 7.06. The first-order valence-electron chi connectivity index (χ1n) is 7.32. The average Bonchev–Trinajstić information content (AvgIpc) is 2.95. The van der Waals surface area contributed by atoms with E-state index in [0.717, 1.165) is 16.2 Å². The molecule has 3 aromatic rings. The van der Waals surface area contributed by atoms with E-state index in [2.05, 4.69) is 34.3 Å². The summed E-state index contributed by atoms with van der Waals surface area (Å²) >= 11 is 7.85. The van der Waals surface area contributed by atoms with Crippen LogP contribution in [0.5, 0.6) is 0 Å². The first-order chi connectivity index (χ1) is 11.1. The molecule has 0 aliphatic carbocycles. The lowest BCUT2D eigenvalue weighted by atomic mass is 10.2. The van der Waals surface area contributed by atoms with Gasteiger partial charge in [0.1, 0.15) is 11.0 Å². The fourth-order valence-corrected chi connectivity index (χ4v) is 3.34. The number of hydrogen-bond acceptors (Lipinski definition) is 4. The number of hydrogen-bond donors (Lipinski definition) is 2. The lowest BCUT2D eigenvalue weighted by Gasteiger charge is -2.08. The summed E-state index contributed by atoms with van der Waals surface area (Å²) in [4.78, 5) is 5.39. The Morgan fingerprint density at radius 2 is 1.87 bits per heavy atom. The smallest absolute Gasteiger partial charge is 0.153 e. The summed E-state index contributed by atoms with van der Waals surface area (Å²) in [6, 6.07) is 15.9. The molecule has 2 N–H and O–H groups in total. The Bertz CT molecular complexity index is 786. The lowest BCUT2D eigenvalue weighted by molar-refractivity contribution is 1.09. The van der Waals surface area contributed by atoms with Crippen LogP contribution >= 0.6 is 23.4 Å². The molecular weight excluding hydrogens is 328 g/mol. The highest BCUT2D eigenvalue weighted by Crippen LogP contribution is 2.28. The van der Waals surface area contributed by atoms with Gasteiger partial charge in [-0.15, -0.1) is 11.8 Å². The minimum atomic E-state index is 0.469. The van der Waals surface area contributed by atoms with Crippen molar-refractivity contribution in [2.45, 2.75) is 24.0 Å². The summed E-state index contributed by atoms with van der Waals surface area (Å²) in [6.07, 6.45) is 0. The Kier molecular flexibility index (Phi) is 4.88. The van der Waals surface area contributed by atoms with Gasteiger partial charge in [-0.2, -0.15) is 5.10 Å². The number of nitrogens with zero attached hydrogens (tertiary/aromatic N) is 2. The standard InChI is InChI=1S/C17H17ClN4S/c1-11(2)23-13-8-15(18)19-16(9-13)20-17-10-14(21-22-17)12-6-4-3-5-7-12/h3-11H,1-2H3,(H2,19,20,21,22). The first-order valence-corrected chi connectivity index (χ1v) is 8.58. The Morgan fingerprint density at radius 3 is 2.61 bits per heavy atom. The fraction of sp³-hybridized carbons (Fsp3) is 0.176. The van der Waals surface area contributed by atoms with Crippen LogP contribution in [0.4, 0.5) is 11.6 Å². The summed E-state index contributed by atoms with van der Waals surface area (Å²) in [5, 5.41) is 11.5. The zero-order chi connectivity index (χ0) is 16.2. The Morgan fingerprint density at radius 1 is 1.09 bits per heavy atom. The minimum absolute atomic E-state index is 0.469. The maximum atomic E-state index is 6.11. The van der Waals surface area contributed by atoms with Crippen LogP contribution in [0, 0.1) is 0 Å². The molecule has 0 atom stereocenters. The van der Waals surface area contributed by atoms with Gasteiger partial charge >= 0.3 is 0 Å². The van der Waals surface area contributed by atoms with E-state index in [-0.39, 0.29) is 0 Å². The molecule has 4 nitrogen and oxygen atoms in total. The van der Waals surface area contributed by atoms with Crippen LogP contribution in [0.3, 0.4) is 0 Å². The predicted octanol–water partition coefficient (Wildman–Crippen LogP) is 5.37. The number of rotatable bonds is 5. The number of aromatic nitrogens is 3. The molecule has 2 heterocycles. The van der Waals surface area contributed by atoms with Crippen LogP contribution in [0.15, 0.2) is 53.4 Å². The zero-order valence-corrected chi connectivity index (χ0v) is 14.4. The van der Waals surface area contributed by atoms with E-state index < -0.39 is 0 Å². The zero-order valence-electron chi connectivity index (χ0n) is 12.9. The number of aromatic amines is 1. The van der Waals surface area contributed by atoms with E-state index in [0.29, 0.717) is 22.0 Å². The van der Waals surface area contributed by atoms with Gasteiger partial charge < -0.3 is 5.32 Å². The SMILES string of the molecule is CC(C)Sc1cc(Cl)nc(Nc2cc(-c3ccccc3)[nH]n2)c1. The van der Waals surface area contributed by atoms with Crippen molar-refractivity contribution in [1.29, 1.82) is 0 Å². The minimum Gasteiger partial charge on any atom is -0.323 e. The van der Waals surface area contributed by atoms with Crippen molar-refractivity contribution in [3.05, 3.63) is 53.7 Å². The van der Waals surface area contributed by atoms with Crippen LogP contribution in [0.25, 0.3) is 11.3 Å². The molecule has 0 fully saturated rings. The molecule has 0 amide bonds. The van der Waals surface area contributed by atoms with Gasteiger partial charge in [-0.25, -0.2) is 4.98 Å². The molecule has 1 aromatic carbocycles. The van der Waals surface area contributed by atoms with Gasteiger partial charge in [-0.3, -0.25) is 5.10 Å². The number of pyridine rings is 1. The number of nitrogens with one attached hydrogen (secondary N) is 2. The van der Waals surface area contributed by atoms with Crippen molar-refractivity contribution in [2.24, 2.45) is 0 Å². The van der Waals surface area contributed by atoms with Crippen LogP contribution in [-0.2, 0) is 0 Å². The van der Waals surface area contributed by atoms with E-state index in [1.807, 2.05) is 48.5 Å². The molecule has 23 heavy (non-hydrogen) atoms. The molecule has 3 rings (SSSR count). The van der Waals surface area contributed by atoms with Crippen molar-refractivity contribution in [1.82, 2.24) is 15.2 Å². The summed E-state index contributed by atoms with van der Waals surface area (Å²) in [6.45, 7) is 4.29. The maximum absolute atomic E-state index is 6.11. The molecule has 6 heteroatoms. The van der Waals surface area contributed by atoms with Crippen LogP contribution in [-0.4, -0.2) is 20.4 Å². The average molecular weight is 345 g/mol. The van der Waals surface area contributed by atoms with Crippen LogP contribution in [0.1, 0.15) is 13.8 Å². The molecule has 0 unspecified atom stereocenters. The molecule has 2 aromatic heterocycles. The Balaban J connectivity index is 1.80. The Hall–Kier alpha value is -1.98. The normalized spacial score (nSPS) is 11.0. The van der Waals surface area contributed by atoms with Gasteiger partial charge in [0.25, 0.3) is 0 Å². The van der Waals surface area contributed by atoms with E-state index in [9.17, 15) is 0 Å². The quantitative estimate of drug-likeness (QED) is 0.482. The van der Waals surface area contributed by atoms with Crippen LogP contribution in [0.2, 0.25) is 5.15 Å². The van der Waals surface area contributed by atoms with Crippen molar-refractivity contribution in [2.75, 3.05) is 5.32 Å². The molecule has 0 saturated heterocycles. The fourth-order valence-electron chi connectivity index (χ4n) is 2.16. The highest BCUT2D eigenvalue weighted by atomic mass is 35.5. The second-order valence-corrected chi connectivity index (χ2v) is 7.37. The molecule has 0 aliphatic heterocycles. The van der Waals surface area contributed by atoms with E-state index >= 15 is 0 Å². The van der Waals surface area contributed by atoms with Crippen molar-refractivity contribution in [3.63, 3.8) is 0 Å². The largest absolute Gasteiger partial charge is 0.323 e. The number of halogens is 1. The maximum Gasteiger partial charge on any atom is 0.153 e. The van der Waals surface area contributed by atoms with Crippen molar-refractivity contribution in [3.8, 4) is 11.3 Å². The third-order valence-electron chi connectivity index (χ3n) is 3.06.